The van der Waals surface area contributed by atoms with Crippen LogP contribution in [0.15, 0.2) is 82.7 Å². The first-order chi connectivity index (χ1) is 18.0. The zero-order valence-corrected chi connectivity index (χ0v) is 19.5. The van der Waals surface area contributed by atoms with Crippen molar-refractivity contribution in [3.8, 4) is 28.8 Å². The second-order valence-electron chi connectivity index (χ2n) is 7.60. The molecule has 1 aromatic heterocycles. The number of nitrogens with one attached hydrogen (secondary N) is 2. The molecule has 1 heterocycles. The first kappa shape index (κ1) is 24.6. The van der Waals surface area contributed by atoms with E-state index < -0.39 is 10.5 Å². The molecule has 0 spiro atoms. The summed E-state index contributed by atoms with van der Waals surface area (Å²) >= 11 is 0. The maximum absolute atomic E-state index is 12.4. The third kappa shape index (κ3) is 5.95. The van der Waals surface area contributed by atoms with Gasteiger partial charge in [-0.25, -0.2) is 10.4 Å². The highest BCUT2D eigenvalue weighted by Gasteiger charge is 2.13. The van der Waals surface area contributed by atoms with Gasteiger partial charge in [-0.05, 0) is 35.9 Å². The lowest BCUT2D eigenvalue weighted by Gasteiger charge is -2.11. The Labute approximate surface area is 210 Å². The van der Waals surface area contributed by atoms with Gasteiger partial charge in [0.1, 0.15) is 29.7 Å². The minimum atomic E-state index is -0.579. The summed E-state index contributed by atoms with van der Waals surface area (Å²) in [5.74, 6) is 1.14. The molecule has 0 fully saturated rings. The Hall–Kier alpha value is -5.50. The molecule has 184 valence electrons. The monoisotopic (exact) mass is 496 g/mol. The van der Waals surface area contributed by atoms with Crippen LogP contribution in [0.25, 0.3) is 11.3 Å². The second-order valence-corrected chi connectivity index (χ2v) is 7.60. The third-order valence-electron chi connectivity index (χ3n) is 5.21. The second kappa shape index (κ2) is 11.3. The molecule has 4 rings (SSSR count). The summed E-state index contributed by atoms with van der Waals surface area (Å²) < 4.78 is 11.1. The van der Waals surface area contributed by atoms with Crippen LogP contribution in [0.5, 0.6) is 11.5 Å². The van der Waals surface area contributed by atoms with Crippen molar-refractivity contribution >= 4 is 17.9 Å². The summed E-state index contributed by atoms with van der Waals surface area (Å²) in [5.41, 5.74) is 4.31. The lowest BCUT2D eigenvalue weighted by Crippen LogP contribution is -2.16. The number of nitrogens with zero attached hydrogens (tertiary/aromatic N) is 4. The summed E-state index contributed by atoms with van der Waals surface area (Å²) in [6.07, 6.45) is 1.52. The van der Waals surface area contributed by atoms with Crippen LogP contribution < -0.4 is 20.5 Å². The zero-order chi connectivity index (χ0) is 26.2. The van der Waals surface area contributed by atoms with Gasteiger partial charge in [0.25, 0.3) is 11.2 Å². The van der Waals surface area contributed by atoms with E-state index in [0.29, 0.717) is 22.6 Å². The molecule has 0 unspecified atom stereocenters. The number of nitro groups is 1. The number of anilines is 1. The first-order valence-electron chi connectivity index (χ1n) is 10.9. The van der Waals surface area contributed by atoms with E-state index in [4.69, 9.17) is 9.47 Å². The van der Waals surface area contributed by atoms with Crippen LogP contribution >= 0.6 is 0 Å². The van der Waals surface area contributed by atoms with Crippen LogP contribution in [0, 0.1) is 21.4 Å². The van der Waals surface area contributed by atoms with E-state index in [1.54, 1.807) is 42.5 Å². The van der Waals surface area contributed by atoms with Gasteiger partial charge in [0.05, 0.1) is 23.9 Å². The number of aromatic amines is 1. The van der Waals surface area contributed by atoms with E-state index in [1.165, 1.54) is 37.6 Å². The number of nitriles is 1. The Morgan fingerprint density at radius 2 is 1.92 bits per heavy atom. The largest absolute Gasteiger partial charge is 0.496 e. The fourth-order valence-corrected chi connectivity index (χ4v) is 3.42. The lowest BCUT2D eigenvalue weighted by molar-refractivity contribution is -0.384. The molecule has 4 aromatic rings. The predicted molar refractivity (Wildman–Crippen MR) is 137 cm³/mol. The molecule has 11 nitrogen and oxygen atoms in total. The number of nitro benzene ring substituents is 1. The van der Waals surface area contributed by atoms with Crippen LogP contribution in [0.3, 0.4) is 0 Å². The Balaban J connectivity index is 1.50. The molecule has 37 heavy (non-hydrogen) atoms. The molecule has 2 N–H and O–H groups in total. The van der Waals surface area contributed by atoms with Crippen LogP contribution in [0.2, 0.25) is 0 Å². The van der Waals surface area contributed by atoms with Crippen molar-refractivity contribution in [2.75, 3.05) is 12.5 Å². The number of hydrogen-bond donors (Lipinski definition) is 2. The number of non-ortho nitro benzene ring substituents is 1. The maximum Gasteiger partial charge on any atom is 0.270 e. The van der Waals surface area contributed by atoms with E-state index >= 15 is 0 Å². The number of ether oxygens (including phenoxy) is 2. The number of rotatable bonds is 9. The van der Waals surface area contributed by atoms with Crippen LogP contribution in [-0.2, 0) is 6.61 Å². The Morgan fingerprint density at radius 3 is 2.59 bits per heavy atom. The van der Waals surface area contributed by atoms with Crippen LogP contribution in [0.4, 0.5) is 11.6 Å². The van der Waals surface area contributed by atoms with Gasteiger partial charge >= 0.3 is 0 Å². The Morgan fingerprint density at radius 1 is 1.16 bits per heavy atom. The zero-order valence-electron chi connectivity index (χ0n) is 19.5. The smallest absolute Gasteiger partial charge is 0.270 e. The molecule has 0 aliphatic heterocycles. The molecular formula is C26H20N6O5. The van der Waals surface area contributed by atoms with E-state index in [2.05, 4.69) is 20.5 Å². The van der Waals surface area contributed by atoms with Gasteiger partial charge in [-0.3, -0.25) is 19.9 Å². The molecule has 0 saturated carbocycles. The molecule has 0 aliphatic carbocycles. The summed E-state index contributed by atoms with van der Waals surface area (Å²) in [6, 6.07) is 21.9. The van der Waals surface area contributed by atoms with Gasteiger partial charge in [0.15, 0.2) is 0 Å². The normalized spacial score (nSPS) is 10.6. The Kier molecular flexibility index (Phi) is 7.51. The van der Waals surface area contributed by atoms with Crippen LogP contribution in [-0.4, -0.2) is 28.2 Å². The van der Waals surface area contributed by atoms with E-state index in [1.807, 2.05) is 12.1 Å². The van der Waals surface area contributed by atoms with Gasteiger partial charge in [-0.2, -0.15) is 10.4 Å². The minimum absolute atomic E-state index is 0.0235. The molecule has 11 heteroatoms. The number of H-pyrrole nitrogens is 1. The lowest BCUT2D eigenvalue weighted by atomic mass is 10.1. The molecule has 0 saturated heterocycles. The first-order valence-corrected chi connectivity index (χ1v) is 10.9. The molecule has 0 bridgehead atoms. The fraction of sp³-hybridized carbons (Fsp3) is 0.0769. The maximum atomic E-state index is 12.4. The predicted octanol–water partition coefficient (Wildman–Crippen LogP) is 4.25. The quantitative estimate of drug-likeness (QED) is 0.198. The number of methoxy groups -OCH3 is 1. The summed E-state index contributed by atoms with van der Waals surface area (Å²) in [4.78, 5) is 29.6. The molecule has 3 aromatic carbocycles. The average molecular weight is 496 g/mol. The van der Waals surface area contributed by atoms with Crippen molar-refractivity contribution in [1.82, 2.24) is 9.97 Å². The summed E-state index contributed by atoms with van der Waals surface area (Å²) in [6.45, 7) is 0.154. The summed E-state index contributed by atoms with van der Waals surface area (Å²) in [7, 11) is 1.54. The van der Waals surface area contributed by atoms with Gasteiger partial charge in [0, 0.05) is 23.3 Å². The average Bonchev–Trinajstić information content (AvgIpc) is 2.92. The highest BCUT2D eigenvalue weighted by Crippen LogP contribution is 2.23. The topological polar surface area (TPSA) is 156 Å². The number of hydrazone groups is 1. The van der Waals surface area contributed by atoms with Gasteiger partial charge < -0.3 is 9.47 Å². The van der Waals surface area contributed by atoms with Gasteiger partial charge in [-0.15, -0.1) is 0 Å². The van der Waals surface area contributed by atoms with Crippen molar-refractivity contribution in [1.29, 1.82) is 5.26 Å². The molecule has 0 atom stereocenters. The molecule has 0 radical (unpaired) electrons. The molecule has 0 aliphatic rings. The van der Waals surface area contributed by atoms with E-state index in [0.717, 1.165) is 5.56 Å². The van der Waals surface area contributed by atoms with E-state index in [9.17, 15) is 20.2 Å². The van der Waals surface area contributed by atoms with Crippen LogP contribution in [0.1, 0.15) is 16.7 Å². The van der Waals surface area contributed by atoms with Crippen molar-refractivity contribution in [3.05, 3.63) is 110 Å². The van der Waals surface area contributed by atoms with Crippen molar-refractivity contribution in [3.63, 3.8) is 0 Å². The van der Waals surface area contributed by atoms with Gasteiger partial charge in [0.2, 0.25) is 5.95 Å². The third-order valence-corrected chi connectivity index (χ3v) is 5.21. The van der Waals surface area contributed by atoms with Crippen molar-refractivity contribution in [2.45, 2.75) is 6.61 Å². The summed E-state index contributed by atoms with van der Waals surface area (Å²) in [5, 5.41) is 24.3. The molecule has 0 amide bonds. The van der Waals surface area contributed by atoms with E-state index in [-0.39, 0.29) is 29.5 Å². The number of benzene rings is 3. The van der Waals surface area contributed by atoms with Crippen molar-refractivity contribution in [2.24, 2.45) is 5.10 Å². The van der Waals surface area contributed by atoms with Crippen molar-refractivity contribution < 1.29 is 14.4 Å². The minimum Gasteiger partial charge on any atom is -0.496 e. The molecular weight excluding hydrogens is 476 g/mol. The highest BCUT2D eigenvalue weighted by atomic mass is 16.6. The fourth-order valence-electron chi connectivity index (χ4n) is 3.42. The number of hydrogen-bond acceptors (Lipinski definition) is 9. The SMILES string of the molecule is COc1ccc(C=NNc2nc(-c3ccccc3)c(C#N)c(=O)[nH]2)cc1COc1ccc([N+](=O)[O-])cc1. The standard InChI is InChI=1S/C26H20N6O5/c1-36-23-12-7-17(13-19(23)16-37-21-10-8-20(9-11-21)32(34)35)15-28-31-26-29-24(18-5-3-2-4-6-18)22(14-27)25(33)30-26/h2-13,15H,16H2,1H3,(H2,29,30,31,33). The highest BCUT2D eigenvalue weighted by molar-refractivity contribution is 5.81. The number of aromatic nitrogens is 2. The van der Waals surface area contributed by atoms with Gasteiger partial charge in [-0.1, -0.05) is 30.3 Å². The Bertz CT molecular complexity index is 1540.